The van der Waals surface area contributed by atoms with Crippen LogP contribution in [0.25, 0.3) is 11.2 Å². The maximum Gasteiger partial charge on any atom is 0.229 e. The summed E-state index contributed by atoms with van der Waals surface area (Å²) < 4.78 is 0. The van der Waals surface area contributed by atoms with Crippen LogP contribution >= 0.6 is 0 Å². The van der Waals surface area contributed by atoms with Gasteiger partial charge in [-0.3, -0.25) is 9.69 Å². The van der Waals surface area contributed by atoms with Crippen molar-refractivity contribution in [1.29, 1.82) is 0 Å². The lowest BCUT2D eigenvalue weighted by Crippen LogP contribution is -2.45. The third kappa shape index (κ3) is 5.49. The summed E-state index contributed by atoms with van der Waals surface area (Å²) in [5, 5.41) is 3.50. The van der Waals surface area contributed by atoms with Gasteiger partial charge in [0.05, 0.1) is 12.2 Å². The number of nitrogens with one attached hydrogen (secondary N) is 2. The van der Waals surface area contributed by atoms with Crippen molar-refractivity contribution >= 4 is 28.8 Å². The van der Waals surface area contributed by atoms with Crippen molar-refractivity contribution in [2.75, 3.05) is 49.5 Å². The maximum atomic E-state index is 12.9. The summed E-state index contributed by atoms with van der Waals surface area (Å²) in [6.45, 7) is 17.7. The first-order valence-electron chi connectivity index (χ1n) is 12.1. The predicted octanol–water partition coefficient (Wildman–Crippen LogP) is 2.97. The van der Waals surface area contributed by atoms with E-state index in [-0.39, 0.29) is 11.8 Å². The number of amides is 1. The van der Waals surface area contributed by atoms with Crippen LogP contribution in [-0.4, -0.2) is 87.0 Å². The fourth-order valence-corrected chi connectivity index (χ4v) is 4.66. The molecule has 0 aromatic carbocycles. The highest BCUT2D eigenvalue weighted by Gasteiger charge is 2.30. The van der Waals surface area contributed by atoms with Gasteiger partial charge in [0.25, 0.3) is 0 Å². The molecule has 1 saturated heterocycles. The monoisotopic (exact) mass is 444 g/mol. The fourth-order valence-electron chi connectivity index (χ4n) is 4.66. The number of carbonyl (C=O) groups is 1. The Morgan fingerprint density at radius 3 is 2.59 bits per heavy atom. The molecular weight excluding hydrogens is 404 g/mol. The molecule has 1 aliphatic rings. The Hall–Kier alpha value is -2.42. The van der Waals surface area contributed by atoms with Crippen LogP contribution in [0.5, 0.6) is 0 Å². The second kappa shape index (κ2) is 10.9. The summed E-state index contributed by atoms with van der Waals surface area (Å²) in [6.07, 6.45) is 3.54. The maximum absolute atomic E-state index is 12.9. The molecular formula is C23H40N8O. The zero-order valence-corrected chi connectivity index (χ0v) is 20.6. The van der Waals surface area contributed by atoms with Crippen LogP contribution in [0.2, 0.25) is 0 Å². The number of hydrogen-bond donors (Lipinski definition) is 2. The van der Waals surface area contributed by atoms with E-state index in [2.05, 4.69) is 52.8 Å². The number of hydrogen-bond acceptors (Lipinski definition) is 7. The molecule has 1 amide bonds. The van der Waals surface area contributed by atoms with Crippen LogP contribution in [0, 0.1) is 5.92 Å². The van der Waals surface area contributed by atoms with Gasteiger partial charge >= 0.3 is 0 Å². The van der Waals surface area contributed by atoms with Crippen molar-refractivity contribution in [2.45, 2.75) is 66.5 Å². The Balaban J connectivity index is 1.76. The Morgan fingerprint density at radius 1 is 1.22 bits per heavy atom. The van der Waals surface area contributed by atoms with E-state index >= 15 is 0 Å². The zero-order chi connectivity index (χ0) is 23.3. The molecule has 1 aliphatic heterocycles. The molecule has 1 atom stereocenters. The van der Waals surface area contributed by atoms with Gasteiger partial charge < -0.3 is 20.1 Å². The molecule has 1 fully saturated rings. The van der Waals surface area contributed by atoms with Crippen molar-refractivity contribution in [2.24, 2.45) is 5.92 Å². The van der Waals surface area contributed by atoms with Crippen LogP contribution in [0.15, 0.2) is 6.33 Å². The number of imidazole rings is 1. The summed E-state index contributed by atoms with van der Waals surface area (Å²) in [5.41, 5.74) is 1.47. The fraction of sp³-hybridized carbons (Fsp3) is 0.739. The highest BCUT2D eigenvalue weighted by molar-refractivity contribution is 5.84. The van der Waals surface area contributed by atoms with Gasteiger partial charge in [-0.25, -0.2) is 4.98 Å². The first kappa shape index (κ1) is 24.2. The third-order valence-electron chi connectivity index (χ3n) is 6.39. The zero-order valence-electron chi connectivity index (χ0n) is 20.6. The molecule has 2 aromatic heterocycles. The largest absolute Gasteiger partial charge is 0.367 e. The van der Waals surface area contributed by atoms with E-state index < -0.39 is 0 Å². The average molecular weight is 445 g/mol. The minimum Gasteiger partial charge on any atom is -0.367 e. The Morgan fingerprint density at radius 2 is 1.94 bits per heavy atom. The van der Waals surface area contributed by atoms with E-state index in [4.69, 9.17) is 9.97 Å². The number of nitrogens with zero attached hydrogens (tertiary/aromatic N) is 6. The van der Waals surface area contributed by atoms with E-state index in [0.29, 0.717) is 30.2 Å². The summed E-state index contributed by atoms with van der Waals surface area (Å²) in [5.74, 6) is 1.64. The molecule has 3 rings (SSSR count). The first-order chi connectivity index (χ1) is 15.3. The molecule has 2 N–H and O–H groups in total. The lowest BCUT2D eigenvalue weighted by Gasteiger charge is -2.34. The molecule has 1 unspecified atom stereocenters. The van der Waals surface area contributed by atoms with E-state index in [9.17, 15) is 4.79 Å². The number of carbonyl (C=O) groups excluding carboxylic acids is 1. The van der Waals surface area contributed by atoms with Gasteiger partial charge in [-0.1, -0.05) is 0 Å². The van der Waals surface area contributed by atoms with Crippen molar-refractivity contribution < 1.29 is 4.79 Å². The van der Waals surface area contributed by atoms with E-state index in [0.717, 1.165) is 56.9 Å². The predicted molar refractivity (Wildman–Crippen MR) is 130 cm³/mol. The molecule has 9 heteroatoms. The quantitative estimate of drug-likeness (QED) is 0.582. The molecule has 3 heterocycles. The Kier molecular flexibility index (Phi) is 8.28. The summed E-state index contributed by atoms with van der Waals surface area (Å²) >= 11 is 0. The second-order valence-corrected chi connectivity index (χ2v) is 9.12. The minimum absolute atomic E-state index is 0.0100. The summed E-state index contributed by atoms with van der Waals surface area (Å²) in [4.78, 5) is 36.5. The van der Waals surface area contributed by atoms with Crippen LogP contribution in [-0.2, 0) is 4.79 Å². The molecule has 0 radical (unpaired) electrons. The molecule has 0 spiro atoms. The van der Waals surface area contributed by atoms with Gasteiger partial charge in [0, 0.05) is 51.4 Å². The van der Waals surface area contributed by atoms with Gasteiger partial charge in [0.15, 0.2) is 11.5 Å². The normalized spacial score (nSPS) is 17.0. The Labute approximate surface area is 192 Å². The second-order valence-electron chi connectivity index (χ2n) is 9.12. The standard InChI is InChI=1S/C23H40N8O/c1-7-29(8-2)22(32)18-10-9-12-30(14-18)23-27-20(19-21(28-23)26-15-25-19)24-11-13-31(16(3)4)17(5)6/h15-18H,7-14H2,1-6H3,(H2,24,25,26,27,28). The molecule has 0 aliphatic carbocycles. The molecule has 178 valence electrons. The number of aromatic nitrogens is 4. The lowest BCUT2D eigenvalue weighted by atomic mass is 9.96. The molecule has 2 aromatic rings. The van der Waals surface area contributed by atoms with Crippen LogP contribution in [0.4, 0.5) is 11.8 Å². The number of piperidine rings is 1. The Bertz CT molecular complexity index is 868. The van der Waals surface area contributed by atoms with Gasteiger partial charge in [-0.05, 0) is 54.4 Å². The van der Waals surface area contributed by atoms with Crippen molar-refractivity contribution in [3.63, 3.8) is 0 Å². The number of H-pyrrole nitrogens is 1. The number of aromatic amines is 1. The van der Waals surface area contributed by atoms with E-state index in [1.807, 2.05) is 18.7 Å². The van der Waals surface area contributed by atoms with Crippen LogP contribution < -0.4 is 10.2 Å². The number of rotatable bonds is 10. The van der Waals surface area contributed by atoms with Gasteiger partial charge in [-0.2, -0.15) is 9.97 Å². The molecule has 0 bridgehead atoms. The minimum atomic E-state index is -0.0100. The average Bonchev–Trinajstić information content (AvgIpc) is 3.25. The molecule has 9 nitrogen and oxygen atoms in total. The highest BCUT2D eigenvalue weighted by Crippen LogP contribution is 2.26. The molecule has 0 saturated carbocycles. The van der Waals surface area contributed by atoms with E-state index in [1.54, 1.807) is 6.33 Å². The lowest BCUT2D eigenvalue weighted by molar-refractivity contribution is -0.135. The van der Waals surface area contributed by atoms with Crippen molar-refractivity contribution in [3.8, 4) is 0 Å². The summed E-state index contributed by atoms with van der Waals surface area (Å²) in [7, 11) is 0. The highest BCUT2D eigenvalue weighted by atomic mass is 16.2. The van der Waals surface area contributed by atoms with Crippen LogP contribution in [0.3, 0.4) is 0 Å². The topological polar surface area (TPSA) is 93.3 Å². The van der Waals surface area contributed by atoms with Crippen molar-refractivity contribution in [1.82, 2.24) is 29.7 Å². The first-order valence-corrected chi connectivity index (χ1v) is 12.1. The van der Waals surface area contributed by atoms with Gasteiger partial charge in [0.1, 0.15) is 5.52 Å². The van der Waals surface area contributed by atoms with E-state index in [1.165, 1.54) is 0 Å². The number of fused-ring (bicyclic) bond motifs is 1. The molecule has 32 heavy (non-hydrogen) atoms. The SMILES string of the molecule is CCN(CC)C(=O)C1CCCN(c2nc(NCCN(C(C)C)C(C)C)c3[nH]cnc3n2)C1. The summed E-state index contributed by atoms with van der Waals surface area (Å²) in [6, 6.07) is 0.970. The van der Waals surface area contributed by atoms with Crippen LogP contribution in [0.1, 0.15) is 54.4 Å². The third-order valence-corrected chi connectivity index (χ3v) is 6.39. The van der Waals surface area contributed by atoms with Gasteiger partial charge in [-0.15, -0.1) is 0 Å². The van der Waals surface area contributed by atoms with Crippen molar-refractivity contribution in [3.05, 3.63) is 6.33 Å². The smallest absolute Gasteiger partial charge is 0.229 e. The number of anilines is 2. The van der Waals surface area contributed by atoms with Gasteiger partial charge in [0.2, 0.25) is 11.9 Å².